The van der Waals surface area contributed by atoms with Crippen LogP contribution in [-0.2, 0) is 11.8 Å². The molecule has 2 saturated carbocycles. The van der Waals surface area contributed by atoms with Gasteiger partial charge in [-0.25, -0.2) is 0 Å². The van der Waals surface area contributed by atoms with E-state index in [0.717, 1.165) is 17.8 Å². The van der Waals surface area contributed by atoms with Gasteiger partial charge in [0.05, 0.1) is 0 Å². The van der Waals surface area contributed by atoms with Gasteiger partial charge in [0.15, 0.2) is 0 Å². The van der Waals surface area contributed by atoms with E-state index in [0.29, 0.717) is 11.3 Å². The third-order valence-electron chi connectivity index (χ3n) is 9.83. The molecule has 36 heavy (non-hydrogen) atoms. The van der Waals surface area contributed by atoms with E-state index < -0.39 is 0 Å². The fourth-order valence-electron chi connectivity index (χ4n) is 7.74. The van der Waals surface area contributed by atoms with Gasteiger partial charge in [-0.1, -0.05) is 84.5 Å². The molecule has 0 spiro atoms. The van der Waals surface area contributed by atoms with Crippen LogP contribution in [0.1, 0.15) is 98.4 Å². The lowest BCUT2D eigenvalue weighted by Crippen LogP contribution is -2.26. The summed E-state index contributed by atoms with van der Waals surface area (Å²) in [6, 6.07) is 16.9. The first-order valence-electron chi connectivity index (χ1n) is 14.6. The topological polar surface area (TPSA) is 0 Å². The molecular formula is C36H46. The third-order valence-corrected chi connectivity index (χ3v) is 9.83. The van der Waals surface area contributed by atoms with Gasteiger partial charge in [0, 0.05) is 0 Å². The molecule has 2 atom stereocenters. The van der Waals surface area contributed by atoms with Crippen LogP contribution < -0.4 is 0 Å². The number of aryl methyl sites for hydroxylation is 3. The minimum Gasteiger partial charge on any atom is -0.0999 e. The van der Waals surface area contributed by atoms with Crippen molar-refractivity contribution >= 4 is 0 Å². The van der Waals surface area contributed by atoms with Crippen molar-refractivity contribution in [3.63, 3.8) is 0 Å². The fraction of sp³-hybridized carbons (Fsp3) is 0.500. The molecule has 0 bridgehead atoms. The first-order chi connectivity index (χ1) is 17.4. The lowest BCUT2D eigenvalue weighted by molar-refractivity contribution is 0.355. The van der Waals surface area contributed by atoms with Crippen molar-refractivity contribution in [1.29, 1.82) is 0 Å². The molecule has 3 aliphatic rings. The molecule has 0 heteroatoms. The van der Waals surface area contributed by atoms with Crippen LogP contribution in [0.5, 0.6) is 0 Å². The van der Waals surface area contributed by atoms with Gasteiger partial charge < -0.3 is 0 Å². The maximum absolute atomic E-state index is 4.19. The number of hydrogen-bond acceptors (Lipinski definition) is 0. The summed E-state index contributed by atoms with van der Waals surface area (Å²) in [5.74, 6) is 2.93. The smallest absolute Gasteiger partial charge is 0.00330 e. The van der Waals surface area contributed by atoms with Crippen molar-refractivity contribution in [3.05, 3.63) is 107 Å². The van der Waals surface area contributed by atoms with Gasteiger partial charge in [0.25, 0.3) is 0 Å². The monoisotopic (exact) mass is 478 g/mol. The van der Waals surface area contributed by atoms with E-state index in [1.807, 2.05) is 0 Å². The summed E-state index contributed by atoms with van der Waals surface area (Å²) >= 11 is 0. The van der Waals surface area contributed by atoms with E-state index in [4.69, 9.17) is 0 Å². The SMILES string of the molecule is C=C(C)C1CCC(c2ccc(CCC3CCC(CC4C=CC=C4)(c4ccc(C)cc4C)C3)cc2)CC1. The van der Waals surface area contributed by atoms with Gasteiger partial charge >= 0.3 is 0 Å². The van der Waals surface area contributed by atoms with Crippen molar-refractivity contribution in [3.8, 4) is 0 Å². The summed E-state index contributed by atoms with van der Waals surface area (Å²) in [7, 11) is 0. The van der Waals surface area contributed by atoms with E-state index in [-0.39, 0.29) is 0 Å². The Morgan fingerprint density at radius 3 is 2.31 bits per heavy atom. The van der Waals surface area contributed by atoms with Gasteiger partial charge in [-0.05, 0) is 136 Å². The summed E-state index contributed by atoms with van der Waals surface area (Å²) in [6.45, 7) is 11.0. The molecule has 2 fully saturated rings. The molecule has 5 rings (SSSR count). The second-order valence-corrected chi connectivity index (χ2v) is 12.5. The second kappa shape index (κ2) is 11.0. The van der Waals surface area contributed by atoms with Crippen molar-refractivity contribution in [2.24, 2.45) is 17.8 Å². The molecule has 0 nitrogen and oxygen atoms in total. The summed E-state index contributed by atoms with van der Waals surface area (Å²) in [5.41, 5.74) is 9.30. The van der Waals surface area contributed by atoms with Crippen molar-refractivity contribution in [2.45, 2.75) is 96.3 Å². The van der Waals surface area contributed by atoms with Gasteiger partial charge in [0.2, 0.25) is 0 Å². The summed E-state index contributed by atoms with van der Waals surface area (Å²) in [6.07, 6.45) is 22.4. The predicted octanol–water partition coefficient (Wildman–Crippen LogP) is 9.96. The Hall–Kier alpha value is -2.34. The Kier molecular flexibility index (Phi) is 7.71. The molecule has 0 radical (unpaired) electrons. The molecule has 0 amide bonds. The molecular weight excluding hydrogens is 432 g/mol. The Bertz CT molecular complexity index is 1090. The van der Waals surface area contributed by atoms with Crippen LogP contribution >= 0.6 is 0 Å². The van der Waals surface area contributed by atoms with Crippen LogP contribution in [-0.4, -0.2) is 0 Å². The zero-order chi connectivity index (χ0) is 25.1. The molecule has 2 unspecified atom stereocenters. The number of benzene rings is 2. The van der Waals surface area contributed by atoms with Crippen molar-refractivity contribution in [2.75, 3.05) is 0 Å². The number of hydrogen-bond donors (Lipinski definition) is 0. The highest BCUT2D eigenvalue weighted by Crippen LogP contribution is 2.51. The third kappa shape index (κ3) is 5.64. The maximum Gasteiger partial charge on any atom is -0.00330 e. The van der Waals surface area contributed by atoms with Gasteiger partial charge in [0.1, 0.15) is 0 Å². The zero-order valence-corrected chi connectivity index (χ0v) is 22.9. The highest BCUT2D eigenvalue weighted by atomic mass is 14.5. The molecule has 2 aromatic carbocycles. The van der Waals surface area contributed by atoms with Gasteiger partial charge in [-0.15, -0.1) is 0 Å². The highest BCUT2D eigenvalue weighted by molar-refractivity contribution is 5.38. The summed E-state index contributed by atoms with van der Waals surface area (Å²) in [5, 5.41) is 0. The van der Waals surface area contributed by atoms with Crippen LogP contribution in [0.25, 0.3) is 0 Å². The minimum absolute atomic E-state index is 0.332. The molecule has 0 heterocycles. The largest absolute Gasteiger partial charge is 0.0999 e. The number of rotatable bonds is 8. The first-order valence-corrected chi connectivity index (χ1v) is 14.6. The normalized spacial score (nSPS) is 28.1. The van der Waals surface area contributed by atoms with Crippen molar-refractivity contribution < 1.29 is 0 Å². The molecule has 0 saturated heterocycles. The molecule has 190 valence electrons. The molecule has 0 aromatic heterocycles. The van der Waals surface area contributed by atoms with Crippen LogP contribution in [0.3, 0.4) is 0 Å². The van der Waals surface area contributed by atoms with Crippen molar-refractivity contribution in [1.82, 2.24) is 0 Å². The first kappa shape index (κ1) is 25.3. The molecule has 0 aliphatic heterocycles. The minimum atomic E-state index is 0.332. The molecule has 3 aliphatic carbocycles. The molecule has 0 N–H and O–H groups in total. The van der Waals surface area contributed by atoms with E-state index in [2.05, 4.69) is 94.1 Å². The Morgan fingerprint density at radius 1 is 0.917 bits per heavy atom. The van der Waals surface area contributed by atoms with Gasteiger partial charge in [-0.2, -0.15) is 0 Å². The van der Waals surface area contributed by atoms with Crippen LogP contribution in [0.4, 0.5) is 0 Å². The maximum atomic E-state index is 4.19. The fourth-order valence-corrected chi connectivity index (χ4v) is 7.74. The zero-order valence-electron chi connectivity index (χ0n) is 22.9. The van der Waals surface area contributed by atoms with Crippen LogP contribution in [0.2, 0.25) is 0 Å². The lowest BCUT2D eigenvalue weighted by atomic mass is 9.70. The summed E-state index contributed by atoms with van der Waals surface area (Å²) < 4.78 is 0. The standard InChI is InChI=1S/C36H46/c1-26(2)32-16-18-34(19-17-32)33-14-12-29(13-15-33)10-11-31-21-22-36(25-31,24-30-7-5-6-8-30)35-20-9-27(3)23-28(35)4/h5-9,12-15,20,23,30-32,34H,1,10-11,16-19,21-22,24-25H2,2-4H3. The van der Waals surface area contributed by atoms with E-state index >= 15 is 0 Å². The van der Waals surface area contributed by atoms with E-state index in [1.54, 1.807) is 11.1 Å². The second-order valence-electron chi connectivity index (χ2n) is 12.5. The lowest BCUT2D eigenvalue weighted by Gasteiger charge is -2.34. The number of allylic oxidation sites excluding steroid dienone is 5. The Morgan fingerprint density at radius 2 is 1.64 bits per heavy atom. The average Bonchev–Trinajstić information content (AvgIpc) is 3.54. The quantitative estimate of drug-likeness (QED) is 0.331. The average molecular weight is 479 g/mol. The van der Waals surface area contributed by atoms with Gasteiger partial charge in [-0.3, -0.25) is 0 Å². The summed E-state index contributed by atoms with van der Waals surface area (Å²) in [4.78, 5) is 0. The Labute approximate surface area is 220 Å². The molecule has 2 aromatic rings. The Balaban J connectivity index is 1.21. The predicted molar refractivity (Wildman–Crippen MR) is 156 cm³/mol. The van der Waals surface area contributed by atoms with Crippen LogP contribution in [0, 0.1) is 31.6 Å². The highest BCUT2D eigenvalue weighted by Gasteiger charge is 2.42. The van der Waals surface area contributed by atoms with E-state index in [1.165, 1.54) is 86.5 Å². The van der Waals surface area contributed by atoms with Crippen LogP contribution in [0.15, 0.2) is 78.9 Å². The van der Waals surface area contributed by atoms with E-state index in [9.17, 15) is 0 Å².